The monoisotopic (exact) mass is 427 g/mol. The normalized spacial score (nSPS) is 11.4. The first-order valence-corrected chi connectivity index (χ1v) is 11.3. The van der Waals surface area contributed by atoms with Crippen LogP contribution in [0.15, 0.2) is 115 Å². The van der Waals surface area contributed by atoms with Crippen molar-refractivity contribution in [2.45, 2.75) is 24.8 Å². The summed E-state index contributed by atoms with van der Waals surface area (Å²) in [6.45, 7) is 0.670. The first-order chi connectivity index (χ1) is 16.3. The molecule has 5 aromatic rings. The molecule has 0 N–H and O–H groups in total. The van der Waals surface area contributed by atoms with E-state index in [1.54, 1.807) is 0 Å². The van der Waals surface area contributed by atoms with Gasteiger partial charge >= 0.3 is 0 Å². The number of hydrogen-bond acceptors (Lipinski definition) is 2. The summed E-state index contributed by atoms with van der Waals surface area (Å²) in [7, 11) is 0. The molecule has 33 heavy (non-hydrogen) atoms. The molecular formula is C30H25N3. The summed E-state index contributed by atoms with van der Waals surface area (Å²) in [6.07, 6.45) is 1.19. The Labute approximate surface area is 194 Å². The van der Waals surface area contributed by atoms with E-state index in [4.69, 9.17) is 4.98 Å². The average molecular weight is 428 g/mol. The number of rotatable bonds is 7. The third-order valence-corrected chi connectivity index (χ3v) is 6.18. The number of para-hydroxylation sites is 2. The van der Waals surface area contributed by atoms with Gasteiger partial charge in [-0.3, -0.25) is 0 Å². The Balaban J connectivity index is 1.71. The van der Waals surface area contributed by atoms with E-state index in [1.807, 2.05) is 60.7 Å². The molecule has 0 aliphatic heterocycles. The molecule has 0 bridgehead atoms. The zero-order valence-electron chi connectivity index (χ0n) is 18.4. The number of hydrogen-bond donors (Lipinski definition) is 0. The van der Waals surface area contributed by atoms with Crippen molar-refractivity contribution in [3.8, 4) is 6.07 Å². The van der Waals surface area contributed by atoms with Crippen molar-refractivity contribution >= 4 is 11.0 Å². The SMILES string of the molecule is N#CC(Cc1ccccc1)(Cc1ccccc1)c1nc2ccccc2n1Cc1ccccc1. The molecule has 160 valence electrons. The third-order valence-electron chi connectivity index (χ3n) is 6.18. The fourth-order valence-corrected chi connectivity index (χ4v) is 4.61. The van der Waals surface area contributed by atoms with Gasteiger partial charge in [0.05, 0.1) is 17.1 Å². The summed E-state index contributed by atoms with van der Waals surface area (Å²) in [4.78, 5) is 5.08. The number of nitrogens with zero attached hydrogens (tertiary/aromatic N) is 3. The third kappa shape index (κ3) is 4.29. The van der Waals surface area contributed by atoms with Gasteiger partial charge < -0.3 is 4.57 Å². The minimum atomic E-state index is -0.809. The highest BCUT2D eigenvalue weighted by atomic mass is 15.1. The van der Waals surface area contributed by atoms with Gasteiger partial charge in [-0.1, -0.05) is 103 Å². The predicted octanol–water partition coefficient (Wildman–Crippen LogP) is 6.33. The maximum Gasteiger partial charge on any atom is 0.131 e. The van der Waals surface area contributed by atoms with E-state index >= 15 is 0 Å². The lowest BCUT2D eigenvalue weighted by atomic mass is 9.76. The molecule has 0 aliphatic carbocycles. The Morgan fingerprint density at radius 2 is 1.12 bits per heavy atom. The maximum atomic E-state index is 10.8. The molecule has 0 radical (unpaired) electrons. The molecule has 0 saturated heterocycles. The fourth-order valence-electron chi connectivity index (χ4n) is 4.61. The van der Waals surface area contributed by atoms with Gasteiger partial charge in [-0.2, -0.15) is 5.26 Å². The molecule has 0 fully saturated rings. The molecule has 0 amide bonds. The molecular weight excluding hydrogens is 402 g/mol. The molecule has 3 nitrogen and oxygen atoms in total. The second kappa shape index (κ2) is 9.14. The number of imidazole rings is 1. The van der Waals surface area contributed by atoms with Crippen molar-refractivity contribution in [1.82, 2.24) is 9.55 Å². The second-order valence-corrected chi connectivity index (χ2v) is 8.51. The first-order valence-electron chi connectivity index (χ1n) is 11.3. The van der Waals surface area contributed by atoms with Gasteiger partial charge in [0.25, 0.3) is 0 Å². The molecule has 3 heteroatoms. The van der Waals surface area contributed by atoms with Crippen LogP contribution in [0.2, 0.25) is 0 Å². The smallest absolute Gasteiger partial charge is 0.131 e. The molecule has 0 atom stereocenters. The van der Waals surface area contributed by atoms with Crippen LogP contribution in [0.25, 0.3) is 11.0 Å². The van der Waals surface area contributed by atoms with E-state index in [0.29, 0.717) is 19.4 Å². The van der Waals surface area contributed by atoms with E-state index in [9.17, 15) is 5.26 Å². The lowest BCUT2D eigenvalue weighted by Gasteiger charge is -2.28. The zero-order chi connectivity index (χ0) is 22.5. The molecule has 0 saturated carbocycles. The first kappa shape index (κ1) is 20.7. The van der Waals surface area contributed by atoms with Gasteiger partial charge in [0, 0.05) is 6.54 Å². The van der Waals surface area contributed by atoms with Crippen molar-refractivity contribution in [1.29, 1.82) is 5.26 Å². The van der Waals surface area contributed by atoms with Crippen LogP contribution in [-0.2, 0) is 24.8 Å². The number of fused-ring (bicyclic) bond motifs is 1. The van der Waals surface area contributed by atoms with Crippen LogP contribution in [0.1, 0.15) is 22.5 Å². The lowest BCUT2D eigenvalue weighted by molar-refractivity contribution is 0.485. The molecule has 4 aromatic carbocycles. The van der Waals surface area contributed by atoms with Crippen molar-refractivity contribution in [2.75, 3.05) is 0 Å². The number of nitriles is 1. The van der Waals surface area contributed by atoms with E-state index < -0.39 is 5.41 Å². The minimum absolute atomic E-state index is 0.595. The largest absolute Gasteiger partial charge is 0.322 e. The van der Waals surface area contributed by atoms with E-state index in [1.165, 1.54) is 5.56 Å². The Morgan fingerprint density at radius 3 is 1.67 bits per heavy atom. The van der Waals surface area contributed by atoms with Gasteiger partial charge in [0.2, 0.25) is 0 Å². The van der Waals surface area contributed by atoms with E-state index in [2.05, 4.69) is 65.2 Å². The van der Waals surface area contributed by atoms with Crippen LogP contribution < -0.4 is 0 Å². The summed E-state index contributed by atoms with van der Waals surface area (Å²) >= 11 is 0. The topological polar surface area (TPSA) is 41.6 Å². The minimum Gasteiger partial charge on any atom is -0.322 e. The Morgan fingerprint density at radius 1 is 0.636 bits per heavy atom. The number of aromatic nitrogens is 2. The summed E-state index contributed by atoms with van der Waals surface area (Å²) in [5.41, 5.74) is 4.62. The Hall–Kier alpha value is -4.16. The summed E-state index contributed by atoms with van der Waals surface area (Å²) in [5, 5.41) is 10.8. The molecule has 5 rings (SSSR count). The molecule has 1 heterocycles. The highest BCUT2D eigenvalue weighted by Gasteiger charge is 2.38. The molecule has 0 spiro atoms. The highest BCUT2D eigenvalue weighted by Crippen LogP contribution is 2.34. The van der Waals surface area contributed by atoms with Crippen molar-refractivity contribution < 1.29 is 0 Å². The van der Waals surface area contributed by atoms with E-state index in [0.717, 1.165) is 28.0 Å². The molecule has 0 unspecified atom stereocenters. The van der Waals surface area contributed by atoms with Crippen LogP contribution in [0, 0.1) is 11.3 Å². The summed E-state index contributed by atoms with van der Waals surface area (Å²) in [6, 6.07) is 41.9. The van der Waals surface area contributed by atoms with Gasteiger partial charge in [0.1, 0.15) is 11.2 Å². The van der Waals surface area contributed by atoms with Crippen LogP contribution in [0.5, 0.6) is 0 Å². The molecule has 1 aromatic heterocycles. The number of benzene rings is 4. The fraction of sp³-hybridized carbons (Fsp3) is 0.133. The summed E-state index contributed by atoms with van der Waals surface area (Å²) < 4.78 is 2.24. The van der Waals surface area contributed by atoms with Crippen molar-refractivity contribution in [2.24, 2.45) is 0 Å². The maximum absolute atomic E-state index is 10.8. The lowest BCUT2D eigenvalue weighted by Crippen LogP contribution is -2.34. The predicted molar refractivity (Wildman–Crippen MR) is 133 cm³/mol. The van der Waals surface area contributed by atoms with E-state index in [-0.39, 0.29) is 0 Å². The van der Waals surface area contributed by atoms with Crippen LogP contribution >= 0.6 is 0 Å². The zero-order valence-corrected chi connectivity index (χ0v) is 18.4. The average Bonchev–Trinajstić information content (AvgIpc) is 3.24. The quantitative estimate of drug-likeness (QED) is 0.304. The van der Waals surface area contributed by atoms with Gasteiger partial charge in [-0.15, -0.1) is 0 Å². The van der Waals surface area contributed by atoms with Crippen molar-refractivity contribution in [3.05, 3.63) is 138 Å². The van der Waals surface area contributed by atoms with Crippen LogP contribution in [-0.4, -0.2) is 9.55 Å². The van der Waals surface area contributed by atoms with Gasteiger partial charge in [-0.05, 0) is 41.7 Å². The summed E-state index contributed by atoms with van der Waals surface area (Å²) in [5.74, 6) is 0.822. The van der Waals surface area contributed by atoms with Crippen molar-refractivity contribution in [3.63, 3.8) is 0 Å². The van der Waals surface area contributed by atoms with Crippen LogP contribution in [0.4, 0.5) is 0 Å². The standard InChI is InChI=1S/C30H25N3/c31-23-30(20-24-12-4-1-5-13-24,21-25-14-6-2-7-15-25)29-32-27-18-10-11-19-28(27)33(29)22-26-16-8-3-9-17-26/h1-19H,20-22H2. The Kier molecular flexibility index (Phi) is 5.74. The van der Waals surface area contributed by atoms with Gasteiger partial charge in [-0.25, -0.2) is 4.98 Å². The second-order valence-electron chi connectivity index (χ2n) is 8.51. The molecule has 0 aliphatic rings. The van der Waals surface area contributed by atoms with Crippen LogP contribution in [0.3, 0.4) is 0 Å². The Bertz CT molecular complexity index is 1340. The highest BCUT2D eigenvalue weighted by molar-refractivity contribution is 5.76. The van der Waals surface area contributed by atoms with Gasteiger partial charge in [0.15, 0.2) is 0 Å².